The Morgan fingerprint density at radius 2 is 2.00 bits per heavy atom. The minimum absolute atomic E-state index is 0.123. The first-order chi connectivity index (χ1) is 11.5. The lowest BCUT2D eigenvalue weighted by Gasteiger charge is -2.20. The number of aromatic hydroxyl groups is 1. The number of anilines is 1. The number of hydrogen-bond donors (Lipinski definition) is 1. The Bertz CT molecular complexity index is 1060. The first-order valence-corrected chi connectivity index (χ1v) is 8.87. The number of pyridine rings is 1. The Balaban J connectivity index is 1.89. The fourth-order valence-corrected chi connectivity index (χ4v) is 4.85. The van der Waals surface area contributed by atoms with Gasteiger partial charge in [0.1, 0.15) is 5.75 Å². The van der Waals surface area contributed by atoms with E-state index in [2.05, 4.69) is 0 Å². The summed E-state index contributed by atoms with van der Waals surface area (Å²) in [6, 6.07) is 11.1. The van der Waals surface area contributed by atoms with Crippen LogP contribution in [0.3, 0.4) is 0 Å². The number of phenolic OH excluding ortho intramolecular Hbond substituents is 1. The highest BCUT2D eigenvalue weighted by Crippen LogP contribution is 2.36. The van der Waals surface area contributed by atoms with E-state index in [1.165, 1.54) is 28.8 Å². The summed E-state index contributed by atoms with van der Waals surface area (Å²) in [6.07, 6.45) is 3.19. The van der Waals surface area contributed by atoms with Crippen LogP contribution in [-0.2, 0) is 16.4 Å². The van der Waals surface area contributed by atoms with Crippen LogP contribution in [0.1, 0.15) is 5.56 Å². The van der Waals surface area contributed by atoms with Crippen molar-refractivity contribution in [1.29, 1.82) is 0 Å². The normalized spacial score (nSPS) is 14.1. The number of nitrogens with zero attached hydrogens (tertiary/aromatic N) is 2. The minimum Gasteiger partial charge on any atom is -0.619 e. The van der Waals surface area contributed by atoms with Gasteiger partial charge in [0.05, 0.1) is 10.6 Å². The molecule has 122 valence electrons. The average molecular weight is 342 g/mol. The summed E-state index contributed by atoms with van der Waals surface area (Å²) in [5.74, 6) is 0.123. The number of benzene rings is 2. The lowest BCUT2D eigenvalue weighted by molar-refractivity contribution is -0.603. The molecule has 1 aliphatic heterocycles. The van der Waals surface area contributed by atoms with Crippen molar-refractivity contribution >= 4 is 26.5 Å². The van der Waals surface area contributed by atoms with E-state index < -0.39 is 10.0 Å². The number of phenols is 1. The van der Waals surface area contributed by atoms with Gasteiger partial charge in [0.15, 0.2) is 12.4 Å². The first-order valence-electron chi connectivity index (χ1n) is 7.43. The standard InChI is InChI=1S/C17H14N2O4S/c20-14-4-5-16-12(10-14)6-9-19(16)24(22,23)17-3-1-2-13-11-18(21)8-7-15(13)17/h1-5,7-8,10-11,20H,6,9H2. The molecule has 0 bridgehead atoms. The molecule has 6 nitrogen and oxygen atoms in total. The number of sulfonamides is 1. The van der Waals surface area contributed by atoms with Gasteiger partial charge in [-0.3, -0.25) is 4.31 Å². The van der Waals surface area contributed by atoms with Gasteiger partial charge in [-0.1, -0.05) is 6.07 Å². The predicted molar refractivity (Wildman–Crippen MR) is 89.3 cm³/mol. The minimum atomic E-state index is -3.76. The Kier molecular flexibility index (Phi) is 3.14. The molecule has 2 heterocycles. The third-order valence-electron chi connectivity index (χ3n) is 4.24. The third kappa shape index (κ3) is 2.16. The molecule has 4 rings (SSSR count). The maximum absolute atomic E-state index is 13.2. The lowest BCUT2D eigenvalue weighted by atomic mass is 10.1. The molecule has 1 N–H and O–H groups in total. The van der Waals surface area contributed by atoms with Gasteiger partial charge in [0.2, 0.25) is 0 Å². The summed E-state index contributed by atoms with van der Waals surface area (Å²) in [7, 11) is -3.76. The number of fused-ring (bicyclic) bond motifs is 2. The van der Waals surface area contributed by atoms with E-state index in [-0.39, 0.29) is 10.6 Å². The Morgan fingerprint density at radius 3 is 2.83 bits per heavy atom. The fourth-order valence-electron chi connectivity index (χ4n) is 3.13. The molecule has 0 unspecified atom stereocenters. The van der Waals surface area contributed by atoms with Gasteiger partial charge < -0.3 is 10.3 Å². The van der Waals surface area contributed by atoms with Crippen molar-refractivity contribution in [2.24, 2.45) is 0 Å². The van der Waals surface area contributed by atoms with Crippen molar-refractivity contribution in [3.63, 3.8) is 0 Å². The van der Waals surface area contributed by atoms with E-state index in [1.54, 1.807) is 30.3 Å². The van der Waals surface area contributed by atoms with E-state index >= 15 is 0 Å². The Labute approximate surface area is 138 Å². The van der Waals surface area contributed by atoms with Crippen molar-refractivity contribution in [3.8, 4) is 5.75 Å². The van der Waals surface area contributed by atoms with Crippen LogP contribution in [0.5, 0.6) is 5.75 Å². The second kappa shape index (κ2) is 5.10. The average Bonchev–Trinajstić information content (AvgIpc) is 2.97. The van der Waals surface area contributed by atoms with E-state index in [4.69, 9.17) is 0 Å². The molecule has 1 aliphatic rings. The SMILES string of the molecule is O=S(=O)(c1cccc2c[n+]([O-])ccc12)N1CCc2cc(O)ccc21. The molecule has 0 saturated carbocycles. The zero-order valence-corrected chi connectivity index (χ0v) is 13.4. The van der Waals surface area contributed by atoms with Crippen LogP contribution in [0.2, 0.25) is 0 Å². The zero-order valence-electron chi connectivity index (χ0n) is 12.6. The fraction of sp³-hybridized carbons (Fsp3) is 0.118. The molecule has 0 saturated heterocycles. The maximum atomic E-state index is 13.2. The summed E-state index contributed by atoms with van der Waals surface area (Å²) < 4.78 is 28.3. The molecular formula is C17H14N2O4S. The highest BCUT2D eigenvalue weighted by Gasteiger charge is 2.32. The van der Waals surface area contributed by atoms with Crippen molar-refractivity contribution < 1.29 is 18.3 Å². The molecule has 0 atom stereocenters. The van der Waals surface area contributed by atoms with Crippen LogP contribution < -0.4 is 9.04 Å². The highest BCUT2D eigenvalue weighted by molar-refractivity contribution is 7.93. The van der Waals surface area contributed by atoms with Gasteiger partial charge in [-0.15, -0.1) is 0 Å². The molecule has 0 aliphatic carbocycles. The van der Waals surface area contributed by atoms with Gasteiger partial charge in [-0.25, -0.2) is 8.42 Å². The lowest BCUT2D eigenvalue weighted by Crippen LogP contribution is -2.29. The van der Waals surface area contributed by atoms with Crippen LogP contribution in [0.15, 0.2) is 59.8 Å². The Hall–Kier alpha value is -2.80. The summed E-state index contributed by atoms with van der Waals surface area (Å²) in [5.41, 5.74) is 1.39. The topological polar surface area (TPSA) is 84.5 Å². The smallest absolute Gasteiger partial charge is 0.264 e. The Morgan fingerprint density at radius 1 is 1.17 bits per heavy atom. The molecular weight excluding hydrogens is 328 g/mol. The van der Waals surface area contributed by atoms with Crippen molar-refractivity contribution in [2.75, 3.05) is 10.8 Å². The van der Waals surface area contributed by atoms with E-state index in [0.29, 0.717) is 34.2 Å². The number of aromatic nitrogens is 1. The molecule has 0 radical (unpaired) electrons. The third-order valence-corrected chi connectivity index (χ3v) is 6.11. The molecule has 7 heteroatoms. The van der Waals surface area contributed by atoms with E-state index in [1.807, 2.05) is 0 Å². The molecule has 24 heavy (non-hydrogen) atoms. The largest absolute Gasteiger partial charge is 0.619 e. The second-order valence-electron chi connectivity index (χ2n) is 5.70. The highest BCUT2D eigenvalue weighted by atomic mass is 32.2. The molecule has 3 aromatic rings. The molecule has 1 aromatic heterocycles. The van der Waals surface area contributed by atoms with Crippen molar-refractivity contribution in [3.05, 3.63) is 65.6 Å². The van der Waals surface area contributed by atoms with Crippen LogP contribution >= 0.6 is 0 Å². The predicted octanol–water partition coefficient (Wildman–Crippen LogP) is 1.93. The van der Waals surface area contributed by atoms with E-state index in [0.717, 1.165) is 5.56 Å². The molecule has 0 spiro atoms. The van der Waals surface area contributed by atoms with Crippen molar-refractivity contribution in [2.45, 2.75) is 11.3 Å². The van der Waals surface area contributed by atoms with Gasteiger partial charge in [-0.2, -0.15) is 4.73 Å². The summed E-state index contributed by atoms with van der Waals surface area (Å²) in [4.78, 5) is 0.168. The van der Waals surface area contributed by atoms with Crippen LogP contribution in [0.25, 0.3) is 10.8 Å². The summed E-state index contributed by atoms with van der Waals surface area (Å²) in [5, 5.41) is 22.1. The molecule has 0 amide bonds. The summed E-state index contributed by atoms with van der Waals surface area (Å²) in [6.45, 7) is 0.325. The van der Waals surface area contributed by atoms with Crippen LogP contribution in [-0.4, -0.2) is 20.1 Å². The first kappa shape index (κ1) is 14.8. The van der Waals surface area contributed by atoms with Gasteiger partial charge in [0, 0.05) is 23.4 Å². The van der Waals surface area contributed by atoms with Gasteiger partial charge >= 0.3 is 0 Å². The van der Waals surface area contributed by atoms with E-state index in [9.17, 15) is 18.7 Å². The molecule has 2 aromatic carbocycles. The van der Waals surface area contributed by atoms with Gasteiger partial charge in [0.25, 0.3) is 10.0 Å². The van der Waals surface area contributed by atoms with Crippen LogP contribution in [0, 0.1) is 5.21 Å². The maximum Gasteiger partial charge on any atom is 0.264 e. The van der Waals surface area contributed by atoms with Crippen molar-refractivity contribution in [1.82, 2.24) is 0 Å². The zero-order chi connectivity index (χ0) is 16.9. The quantitative estimate of drug-likeness (QED) is 0.570. The monoisotopic (exact) mass is 342 g/mol. The van der Waals surface area contributed by atoms with Crippen LogP contribution in [0.4, 0.5) is 5.69 Å². The molecule has 0 fully saturated rings. The number of hydrogen-bond acceptors (Lipinski definition) is 4. The summed E-state index contributed by atoms with van der Waals surface area (Å²) >= 11 is 0. The van der Waals surface area contributed by atoms with Gasteiger partial charge in [-0.05, 0) is 42.3 Å². The number of rotatable bonds is 2. The second-order valence-corrected chi connectivity index (χ2v) is 7.53.